The SMILES string of the molecule is O=C(C=Cc1ccc([N+](=O)[O-])cc1)NCc1ccccc1Cl. The third-order valence-corrected chi connectivity index (χ3v) is 3.31. The zero-order chi connectivity index (χ0) is 15.9. The summed E-state index contributed by atoms with van der Waals surface area (Å²) in [5, 5.41) is 13.9. The van der Waals surface area contributed by atoms with E-state index >= 15 is 0 Å². The van der Waals surface area contributed by atoms with Crippen molar-refractivity contribution in [1.29, 1.82) is 0 Å². The number of non-ortho nitro benzene ring substituents is 1. The van der Waals surface area contributed by atoms with Crippen LogP contribution < -0.4 is 5.32 Å². The van der Waals surface area contributed by atoms with Crippen LogP contribution in [0.5, 0.6) is 0 Å². The van der Waals surface area contributed by atoms with Gasteiger partial charge in [0.05, 0.1) is 4.92 Å². The van der Waals surface area contributed by atoms with Crippen LogP contribution in [0.2, 0.25) is 5.02 Å². The highest BCUT2D eigenvalue weighted by molar-refractivity contribution is 6.31. The van der Waals surface area contributed by atoms with E-state index in [0.717, 1.165) is 5.56 Å². The first-order chi connectivity index (χ1) is 10.6. The molecule has 1 amide bonds. The number of benzene rings is 2. The Kier molecular flexibility index (Phi) is 5.27. The molecular weight excluding hydrogens is 304 g/mol. The van der Waals surface area contributed by atoms with E-state index in [1.54, 1.807) is 24.3 Å². The van der Waals surface area contributed by atoms with Crippen molar-refractivity contribution in [2.24, 2.45) is 0 Å². The molecule has 0 spiro atoms. The van der Waals surface area contributed by atoms with E-state index in [1.807, 2.05) is 18.2 Å². The number of nitrogens with zero attached hydrogens (tertiary/aromatic N) is 1. The van der Waals surface area contributed by atoms with Crippen molar-refractivity contribution in [3.05, 3.63) is 80.9 Å². The van der Waals surface area contributed by atoms with E-state index in [-0.39, 0.29) is 11.6 Å². The average Bonchev–Trinajstić information content (AvgIpc) is 2.52. The molecule has 0 saturated heterocycles. The molecule has 5 nitrogen and oxygen atoms in total. The molecule has 0 aliphatic carbocycles. The molecule has 1 N–H and O–H groups in total. The molecule has 0 radical (unpaired) electrons. The Bertz CT molecular complexity index is 712. The molecule has 0 aliphatic rings. The molecule has 22 heavy (non-hydrogen) atoms. The molecule has 2 aromatic rings. The van der Waals surface area contributed by atoms with Crippen molar-refractivity contribution in [1.82, 2.24) is 5.32 Å². The molecule has 0 unspecified atom stereocenters. The van der Waals surface area contributed by atoms with Gasteiger partial charge in [-0.3, -0.25) is 14.9 Å². The second kappa shape index (κ2) is 7.38. The predicted octanol–water partition coefficient (Wildman–Crippen LogP) is 3.58. The van der Waals surface area contributed by atoms with Gasteiger partial charge in [0.2, 0.25) is 5.91 Å². The number of carbonyl (C=O) groups excluding carboxylic acids is 1. The molecule has 0 heterocycles. The van der Waals surface area contributed by atoms with E-state index in [9.17, 15) is 14.9 Å². The van der Waals surface area contributed by atoms with Crippen LogP contribution in [0, 0.1) is 10.1 Å². The summed E-state index contributed by atoms with van der Waals surface area (Å²) in [5.74, 6) is -0.265. The number of hydrogen-bond donors (Lipinski definition) is 1. The van der Waals surface area contributed by atoms with Gasteiger partial charge in [-0.15, -0.1) is 0 Å². The fourth-order valence-electron chi connectivity index (χ4n) is 1.76. The molecule has 2 rings (SSSR count). The second-order valence-corrected chi connectivity index (χ2v) is 4.90. The van der Waals surface area contributed by atoms with E-state index < -0.39 is 4.92 Å². The summed E-state index contributed by atoms with van der Waals surface area (Å²) in [6.45, 7) is 0.336. The first-order valence-electron chi connectivity index (χ1n) is 6.50. The molecule has 0 saturated carbocycles. The van der Waals surface area contributed by atoms with E-state index in [2.05, 4.69) is 5.32 Å². The van der Waals surface area contributed by atoms with Gasteiger partial charge < -0.3 is 5.32 Å². The largest absolute Gasteiger partial charge is 0.348 e. The number of amides is 1. The number of nitrogens with one attached hydrogen (secondary N) is 1. The van der Waals surface area contributed by atoms with Gasteiger partial charge in [-0.2, -0.15) is 0 Å². The summed E-state index contributed by atoms with van der Waals surface area (Å²) in [7, 11) is 0. The van der Waals surface area contributed by atoms with Gasteiger partial charge in [0.1, 0.15) is 0 Å². The van der Waals surface area contributed by atoms with Crippen LogP contribution in [-0.4, -0.2) is 10.8 Å². The topological polar surface area (TPSA) is 72.2 Å². The molecule has 0 aliphatic heterocycles. The van der Waals surface area contributed by atoms with E-state index in [1.165, 1.54) is 18.2 Å². The van der Waals surface area contributed by atoms with Crippen molar-refractivity contribution < 1.29 is 9.72 Å². The molecule has 2 aromatic carbocycles. The first kappa shape index (κ1) is 15.7. The molecule has 6 heteroatoms. The smallest absolute Gasteiger partial charge is 0.269 e. The fourth-order valence-corrected chi connectivity index (χ4v) is 1.96. The van der Waals surface area contributed by atoms with Crippen LogP contribution in [-0.2, 0) is 11.3 Å². The molecule has 0 fully saturated rings. The Labute approximate surface area is 132 Å². The van der Waals surface area contributed by atoms with Crippen molar-refractivity contribution in [2.75, 3.05) is 0 Å². The monoisotopic (exact) mass is 316 g/mol. The minimum absolute atomic E-state index is 0.0142. The average molecular weight is 317 g/mol. The van der Waals surface area contributed by atoms with E-state index in [4.69, 9.17) is 11.6 Å². The van der Waals surface area contributed by atoms with Gasteiger partial charge in [-0.25, -0.2) is 0 Å². The predicted molar refractivity (Wildman–Crippen MR) is 85.4 cm³/mol. The quantitative estimate of drug-likeness (QED) is 0.520. The van der Waals surface area contributed by atoms with Gasteiger partial charge >= 0.3 is 0 Å². The van der Waals surface area contributed by atoms with Gasteiger partial charge in [0, 0.05) is 29.8 Å². The maximum Gasteiger partial charge on any atom is 0.269 e. The van der Waals surface area contributed by atoms with Crippen molar-refractivity contribution in [3.8, 4) is 0 Å². The van der Waals surface area contributed by atoms with Crippen LogP contribution in [0.15, 0.2) is 54.6 Å². The number of nitro benzene ring substituents is 1. The summed E-state index contributed by atoms with van der Waals surface area (Å²) in [6, 6.07) is 13.2. The lowest BCUT2D eigenvalue weighted by atomic mass is 10.2. The lowest BCUT2D eigenvalue weighted by Crippen LogP contribution is -2.20. The lowest BCUT2D eigenvalue weighted by Gasteiger charge is -2.04. The number of halogens is 1. The van der Waals surface area contributed by atoms with Gasteiger partial charge in [-0.05, 0) is 35.4 Å². The maximum atomic E-state index is 11.7. The van der Waals surface area contributed by atoms with Gasteiger partial charge in [-0.1, -0.05) is 29.8 Å². The minimum Gasteiger partial charge on any atom is -0.348 e. The lowest BCUT2D eigenvalue weighted by molar-refractivity contribution is -0.384. The molecule has 0 aromatic heterocycles. The van der Waals surface area contributed by atoms with Crippen LogP contribution in [0.4, 0.5) is 5.69 Å². The Morgan fingerprint density at radius 1 is 1.18 bits per heavy atom. The van der Waals surface area contributed by atoms with Crippen LogP contribution in [0.1, 0.15) is 11.1 Å². The molecule has 0 atom stereocenters. The Morgan fingerprint density at radius 2 is 1.86 bits per heavy atom. The second-order valence-electron chi connectivity index (χ2n) is 4.49. The maximum absolute atomic E-state index is 11.7. The number of carbonyl (C=O) groups is 1. The molecule has 0 bridgehead atoms. The van der Waals surface area contributed by atoms with Crippen molar-refractivity contribution >= 4 is 29.3 Å². The third-order valence-electron chi connectivity index (χ3n) is 2.94. The van der Waals surface area contributed by atoms with Crippen molar-refractivity contribution in [3.63, 3.8) is 0 Å². The normalized spacial score (nSPS) is 10.6. The van der Waals surface area contributed by atoms with Gasteiger partial charge in [0.15, 0.2) is 0 Å². The number of rotatable bonds is 5. The van der Waals surface area contributed by atoms with E-state index in [0.29, 0.717) is 17.1 Å². The summed E-state index contributed by atoms with van der Waals surface area (Å²) in [6.07, 6.45) is 2.96. The van der Waals surface area contributed by atoms with Crippen LogP contribution in [0.25, 0.3) is 6.08 Å². The number of hydrogen-bond acceptors (Lipinski definition) is 3. The zero-order valence-electron chi connectivity index (χ0n) is 11.5. The Balaban J connectivity index is 1.91. The standard InChI is InChI=1S/C16H13ClN2O3/c17-15-4-2-1-3-13(15)11-18-16(20)10-7-12-5-8-14(9-6-12)19(21)22/h1-10H,11H2,(H,18,20). The summed E-state index contributed by atoms with van der Waals surface area (Å²) in [5.41, 5.74) is 1.56. The summed E-state index contributed by atoms with van der Waals surface area (Å²) < 4.78 is 0. The van der Waals surface area contributed by atoms with Crippen molar-refractivity contribution in [2.45, 2.75) is 6.54 Å². The summed E-state index contributed by atoms with van der Waals surface area (Å²) in [4.78, 5) is 21.8. The fraction of sp³-hybridized carbons (Fsp3) is 0.0625. The molecule has 112 valence electrons. The highest BCUT2D eigenvalue weighted by atomic mass is 35.5. The summed E-state index contributed by atoms with van der Waals surface area (Å²) >= 11 is 6.00. The Morgan fingerprint density at radius 3 is 2.50 bits per heavy atom. The zero-order valence-corrected chi connectivity index (χ0v) is 12.3. The third kappa shape index (κ3) is 4.43. The first-order valence-corrected chi connectivity index (χ1v) is 6.88. The van der Waals surface area contributed by atoms with Crippen LogP contribution >= 0.6 is 11.6 Å². The van der Waals surface area contributed by atoms with Crippen LogP contribution in [0.3, 0.4) is 0 Å². The Hall–Kier alpha value is -2.66. The molecular formula is C16H13ClN2O3. The highest BCUT2D eigenvalue weighted by Crippen LogP contribution is 2.14. The number of nitro groups is 1. The van der Waals surface area contributed by atoms with Gasteiger partial charge in [0.25, 0.3) is 5.69 Å². The highest BCUT2D eigenvalue weighted by Gasteiger charge is 2.03. The minimum atomic E-state index is -0.468.